The first-order chi connectivity index (χ1) is 9.98. The molecule has 7 nitrogen and oxygen atoms in total. The molecule has 0 saturated heterocycles. The Balaban J connectivity index is 1.94. The van der Waals surface area contributed by atoms with Crippen LogP contribution in [0.1, 0.15) is 36.0 Å². The van der Waals surface area contributed by atoms with Crippen molar-refractivity contribution in [2.45, 2.75) is 30.6 Å². The van der Waals surface area contributed by atoms with Crippen LogP contribution in [0.15, 0.2) is 29.2 Å². The Bertz CT molecular complexity index is 657. The number of nitrogens with one attached hydrogen (secondary N) is 1. The van der Waals surface area contributed by atoms with Crippen LogP contribution in [0.25, 0.3) is 0 Å². The number of benzene rings is 1. The number of nitrogens with zero attached hydrogens (tertiary/aromatic N) is 1. The van der Waals surface area contributed by atoms with Crippen LogP contribution < -0.4 is 11.3 Å². The highest BCUT2D eigenvalue weighted by Crippen LogP contribution is 2.30. The van der Waals surface area contributed by atoms with Crippen molar-refractivity contribution in [1.29, 1.82) is 0 Å². The van der Waals surface area contributed by atoms with E-state index in [9.17, 15) is 18.0 Å². The molecule has 1 aliphatic heterocycles. The first-order valence-corrected chi connectivity index (χ1v) is 8.08. The molecule has 21 heavy (non-hydrogen) atoms. The van der Waals surface area contributed by atoms with Gasteiger partial charge in [0.25, 0.3) is 15.9 Å². The van der Waals surface area contributed by atoms with E-state index in [1.54, 1.807) is 12.1 Å². The molecule has 0 aromatic heterocycles. The molecular weight excluding hydrogens is 294 g/mol. The van der Waals surface area contributed by atoms with Gasteiger partial charge in [0.15, 0.2) is 0 Å². The van der Waals surface area contributed by atoms with Gasteiger partial charge in [-0.25, -0.2) is 18.6 Å². The van der Waals surface area contributed by atoms with Gasteiger partial charge in [0.2, 0.25) is 5.91 Å². The van der Waals surface area contributed by atoms with Crippen molar-refractivity contribution >= 4 is 21.8 Å². The number of unbranched alkanes of at least 4 members (excludes halogenated alkanes) is 2. The summed E-state index contributed by atoms with van der Waals surface area (Å²) in [6, 6.07) is 6.19. The zero-order valence-corrected chi connectivity index (χ0v) is 12.2. The number of hydrogen-bond donors (Lipinski definition) is 2. The molecule has 1 aromatic carbocycles. The molecule has 114 valence electrons. The molecule has 0 bridgehead atoms. The maximum atomic E-state index is 12.2. The van der Waals surface area contributed by atoms with Gasteiger partial charge in [-0.3, -0.25) is 15.0 Å². The van der Waals surface area contributed by atoms with E-state index >= 15 is 0 Å². The average molecular weight is 311 g/mol. The fraction of sp³-hybridized carbons (Fsp3) is 0.385. The molecule has 0 fully saturated rings. The summed E-state index contributed by atoms with van der Waals surface area (Å²) in [4.78, 5) is 23.1. The SMILES string of the molecule is NNC(=O)CCCCCN1C(=O)c2ccccc2S1(=O)=O. The Morgan fingerprint density at radius 2 is 1.90 bits per heavy atom. The first kappa shape index (κ1) is 15.5. The van der Waals surface area contributed by atoms with Gasteiger partial charge < -0.3 is 0 Å². The minimum Gasteiger partial charge on any atom is -0.294 e. The lowest BCUT2D eigenvalue weighted by molar-refractivity contribution is -0.121. The zero-order valence-electron chi connectivity index (χ0n) is 11.4. The van der Waals surface area contributed by atoms with Crippen LogP contribution in [0.2, 0.25) is 0 Å². The van der Waals surface area contributed by atoms with E-state index in [0.717, 1.165) is 4.31 Å². The summed E-state index contributed by atoms with van der Waals surface area (Å²) in [5.74, 6) is 4.22. The second-order valence-electron chi connectivity index (χ2n) is 4.76. The standard InChI is InChI=1S/C13H17N3O4S/c14-15-12(17)8-2-1-5-9-16-13(18)10-6-3-4-7-11(10)21(16,19)20/h3-4,6-7H,1-2,5,8-9,14H2,(H,15,17). The minimum atomic E-state index is -3.72. The van der Waals surface area contributed by atoms with E-state index in [2.05, 4.69) is 0 Å². The Kier molecular flexibility index (Phi) is 4.59. The fourth-order valence-corrected chi connectivity index (χ4v) is 3.85. The van der Waals surface area contributed by atoms with Crippen molar-refractivity contribution in [1.82, 2.24) is 9.73 Å². The zero-order chi connectivity index (χ0) is 15.5. The molecule has 0 radical (unpaired) electrons. The molecule has 0 saturated carbocycles. The number of sulfonamides is 1. The molecule has 2 rings (SSSR count). The molecule has 0 aliphatic carbocycles. The molecule has 3 N–H and O–H groups in total. The number of rotatable bonds is 6. The lowest BCUT2D eigenvalue weighted by Gasteiger charge is -2.14. The van der Waals surface area contributed by atoms with Gasteiger partial charge >= 0.3 is 0 Å². The van der Waals surface area contributed by atoms with Crippen molar-refractivity contribution in [3.63, 3.8) is 0 Å². The number of carbonyl (C=O) groups is 2. The summed E-state index contributed by atoms with van der Waals surface area (Å²) in [6.45, 7) is 0.125. The number of hydrazine groups is 1. The van der Waals surface area contributed by atoms with E-state index in [4.69, 9.17) is 5.84 Å². The Labute approximate surface area is 123 Å². The third-order valence-corrected chi connectivity index (χ3v) is 5.18. The molecular formula is C13H17N3O4S. The summed E-state index contributed by atoms with van der Waals surface area (Å²) >= 11 is 0. The van der Waals surface area contributed by atoms with Gasteiger partial charge in [0.1, 0.15) is 4.90 Å². The third-order valence-electron chi connectivity index (χ3n) is 3.34. The highest BCUT2D eigenvalue weighted by atomic mass is 32.2. The smallest absolute Gasteiger partial charge is 0.269 e. The van der Waals surface area contributed by atoms with Crippen LogP contribution in [0.5, 0.6) is 0 Å². The molecule has 1 heterocycles. The van der Waals surface area contributed by atoms with Gasteiger partial charge in [-0.1, -0.05) is 18.6 Å². The number of hydrogen-bond acceptors (Lipinski definition) is 5. The largest absolute Gasteiger partial charge is 0.294 e. The normalized spacial score (nSPS) is 15.9. The van der Waals surface area contributed by atoms with Crippen molar-refractivity contribution in [3.05, 3.63) is 29.8 Å². The molecule has 0 unspecified atom stereocenters. The number of nitrogens with two attached hydrogens (primary N) is 1. The first-order valence-electron chi connectivity index (χ1n) is 6.64. The van der Waals surface area contributed by atoms with E-state index < -0.39 is 15.9 Å². The highest BCUT2D eigenvalue weighted by Gasteiger charge is 2.40. The van der Waals surface area contributed by atoms with Gasteiger partial charge in [0.05, 0.1) is 5.56 Å². The fourth-order valence-electron chi connectivity index (χ4n) is 2.24. The molecule has 1 aromatic rings. The van der Waals surface area contributed by atoms with Gasteiger partial charge in [0, 0.05) is 13.0 Å². The third kappa shape index (κ3) is 3.06. The number of amides is 2. The molecule has 2 amide bonds. The Morgan fingerprint density at radius 3 is 2.57 bits per heavy atom. The van der Waals surface area contributed by atoms with Gasteiger partial charge in [-0.15, -0.1) is 0 Å². The predicted molar refractivity (Wildman–Crippen MR) is 75.5 cm³/mol. The number of fused-ring (bicyclic) bond motifs is 1. The van der Waals surface area contributed by atoms with Crippen molar-refractivity contribution in [3.8, 4) is 0 Å². The van der Waals surface area contributed by atoms with E-state index in [1.807, 2.05) is 5.43 Å². The van der Waals surface area contributed by atoms with Gasteiger partial charge in [-0.05, 0) is 25.0 Å². The highest BCUT2D eigenvalue weighted by molar-refractivity contribution is 7.90. The Morgan fingerprint density at radius 1 is 1.19 bits per heavy atom. The van der Waals surface area contributed by atoms with Crippen molar-refractivity contribution < 1.29 is 18.0 Å². The molecule has 0 atom stereocenters. The summed E-state index contributed by atoms with van der Waals surface area (Å²) in [5, 5.41) is 0. The average Bonchev–Trinajstić information content (AvgIpc) is 2.67. The van der Waals surface area contributed by atoms with Crippen LogP contribution in [0.4, 0.5) is 0 Å². The predicted octanol–water partition coefficient (Wildman–Crippen LogP) is 0.381. The summed E-state index contributed by atoms with van der Waals surface area (Å²) < 4.78 is 25.4. The van der Waals surface area contributed by atoms with Crippen molar-refractivity contribution in [2.24, 2.45) is 5.84 Å². The second kappa shape index (κ2) is 6.23. The molecule has 0 spiro atoms. The maximum absolute atomic E-state index is 12.2. The summed E-state index contributed by atoms with van der Waals surface area (Å²) in [7, 11) is -3.72. The quantitative estimate of drug-likeness (QED) is 0.342. The summed E-state index contributed by atoms with van der Waals surface area (Å²) in [6.07, 6.45) is 2.04. The Hall–Kier alpha value is -1.93. The van der Waals surface area contributed by atoms with Crippen molar-refractivity contribution in [2.75, 3.05) is 6.54 Å². The van der Waals surface area contributed by atoms with Crippen LogP contribution in [-0.4, -0.2) is 31.1 Å². The molecule has 1 aliphatic rings. The number of carbonyl (C=O) groups excluding carboxylic acids is 2. The lowest BCUT2D eigenvalue weighted by atomic mass is 10.2. The van der Waals surface area contributed by atoms with E-state index in [-0.39, 0.29) is 29.3 Å². The molecule has 8 heteroatoms. The van der Waals surface area contributed by atoms with Crippen LogP contribution in [-0.2, 0) is 14.8 Å². The maximum Gasteiger partial charge on any atom is 0.269 e. The topological polar surface area (TPSA) is 110 Å². The van der Waals surface area contributed by atoms with Gasteiger partial charge in [-0.2, -0.15) is 0 Å². The lowest BCUT2D eigenvalue weighted by Crippen LogP contribution is -2.31. The van der Waals surface area contributed by atoms with Crippen LogP contribution in [0.3, 0.4) is 0 Å². The van der Waals surface area contributed by atoms with Crippen LogP contribution in [0, 0.1) is 0 Å². The van der Waals surface area contributed by atoms with Crippen LogP contribution >= 0.6 is 0 Å². The summed E-state index contributed by atoms with van der Waals surface area (Å²) in [5.41, 5.74) is 2.25. The monoisotopic (exact) mass is 311 g/mol. The van der Waals surface area contributed by atoms with E-state index in [1.165, 1.54) is 12.1 Å². The minimum absolute atomic E-state index is 0.0671. The van der Waals surface area contributed by atoms with E-state index in [0.29, 0.717) is 19.3 Å². The second-order valence-corrected chi connectivity index (χ2v) is 6.59.